The Labute approximate surface area is 202 Å². The highest BCUT2D eigenvalue weighted by molar-refractivity contribution is 5.98. The zero-order valence-corrected chi connectivity index (χ0v) is 20.8. The van der Waals surface area contributed by atoms with Crippen LogP contribution >= 0.6 is 0 Å². The quantitative estimate of drug-likeness (QED) is 0.249. The monoisotopic (exact) mass is 476 g/mol. The smallest absolute Gasteiger partial charge is 0.312 e. The maximum atomic E-state index is 14.0. The lowest BCUT2D eigenvalue weighted by Crippen LogP contribution is -2.57. The Balaban J connectivity index is 2.01. The van der Waals surface area contributed by atoms with Gasteiger partial charge in [-0.3, -0.25) is 14.4 Å². The van der Waals surface area contributed by atoms with Gasteiger partial charge in [-0.05, 0) is 52.4 Å². The van der Waals surface area contributed by atoms with Crippen LogP contribution in [-0.2, 0) is 23.9 Å². The number of nitrogens with zero attached hydrogens (tertiary/aromatic N) is 2. The summed E-state index contributed by atoms with van der Waals surface area (Å²) >= 11 is 0. The molecule has 3 heterocycles. The fourth-order valence-electron chi connectivity index (χ4n) is 6.18. The van der Waals surface area contributed by atoms with Crippen LogP contribution in [0.3, 0.4) is 0 Å². The number of ether oxygens (including phenoxy) is 2. The molecule has 2 unspecified atom stereocenters. The Bertz CT molecular complexity index is 813. The topological polar surface area (TPSA) is 96.4 Å². The number of fused-ring (bicyclic) bond motifs is 1. The standard InChI is InChI=1S/C26H40N2O6/c1-6-9-10-17-33-24(32)20-19-22(30)28(15-11-16-29)21(23(31)27(14-7-2)18(4)5)26(19)13-12-25(20,8-3)34-26/h6-7,18-21,29H,1-2,8-17H2,3-5H3/t19-,20-,21?,25+,26?/m0/s1. The van der Waals surface area contributed by atoms with Gasteiger partial charge in [0.05, 0.1) is 18.1 Å². The van der Waals surface area contributed by atoms with Crippen molar-refractivity contribution >= 4 is 17.8 Å². The zero-order valence-electron chi connectivity index (χ0n) is 20.8. The summed E-state index contributed by atoms with van der Waals surface area (Å²) in [4.78, 5) is 44.4. The van der Waals surface area contributed by atoms with Crippen LogP contribution in [0, 0.1) is 11.8 Å². The number of carbonyl (C=O) groups is 3. The molecule has 0 aromatic carbocycles. The third-order valence-electron chi connectivity index (χ3n) is 7.75. The molecule has 0 radical (unpaired) electrons. The SMILES string of the molecule is C=CCCCOC(=O)[C@@H]1[C@H]2C(=O)N(CCCO)C(C(=O)N(CC=C)C(C)C)C23CC[C@@]1(CC)O3. The van der Waals surface area contributed by atoms with Gasteiger partial charge in [0.15, 0.2) is 0 Å². The first kappa shape index (κ1) is 26.4. The summed E-state index contributed by atoms with van der Waals surface area (Å²) < 4.78 is 12.3. The molecular weight excluding hydrogens is 436 g/mol. The Morgan fingerprint density at radius 2 is 2.03 bits per heavy atom. The molecule has 5 atom stereocenters. The van der Waals surface area contributed by atoms with Crippen molar-refractivity contribution in [1.82, 2.24) is 9.80 Å². The number of allylic oxidation sites excluding steroid dienone is 1. The van der Waals surface area contributed by atoms with Crippen molar-refractivity contribution in [3.8, 4) is 0 Å². The van der Waals surface area contributed by atoms with Crippen LogP contribution < -0.4 is 0 Å². The van der Waals surface area contributed by atoms with Gasteiger partial charge in [-0.25, -0.2) is 0 Å². The molecule has 0 aromatic rings. The largest absolute Gasteiger partial charge is 0.465 e. The summed E-state index contributed by atoms with van der Waals surface area (Å²) in [6, 6.07) is -0.939. The zero-order chi connectivity index (χ0) is 25.1. The molecule has 3 fully saturated rings. The van der Waals surface area contributed by atoms with E-state index in [4.69, 9.17) is 9.47 Å². The first-order chi connectivity index (χ1) is 16.2. The van der Waals surface area contributed by atoms with Crippen LogP contribution in [0.15, 0.2) is 25.3 Å². The molecule has 0 aromatic heterocycles. The highest BCUT2D eigenvalue weighted by Crippen LogP contribution is 2.64. The van der Waals surface area contributed by atoms with Gasteiger partial charge < -0.3 is 24.4 Å². The van der Waals surface area contributed by atoms with E-state index >= 15 is 0 Å². The van der Waals surface area contributed by atoms with Gasteiger partial charge >= 0.3 is 5.97 Å². The Hall–Kier alpha value is -2.19. The van der Waals surface area contributed by atoms with Gasteiger partial charge in [-0.1, -0.05) is 19.1 Å². The number of hydrogen-bond donors (Lipinski definition) is 1. The van der Waals surface area contributed by atoms with Crippen molar-refractivity contribution in [3.05, 3.63) is 25.3 Å². The Morgan fingerprint density at radius 3 is 2.62 bits per heavy atom. The van der Waals surface area contributed by atoms with Crippen LogP contribution in [0.1, 0.15) is 59.3 Å². The number of rotatable bonds is 13. The lowest BCUT2D eigenvalue weighted by molar-refractivity contribution is -0.162. The van der Waals surface area contributed by atoms with Crippen molar-refractivity contribution in [2.75, 3.05) is 26.3 Å². The number of hydrogen-bond acceptors (Lipinski definition) is 6. The van der Waals surface area contributed by atoms with Crippen molar-refractivity contribution in [1.29, 1.82) is 0 Å². The number of unbranched alkanes of at least 4 members (excludes halogenated alkanes) is 1. The number of aliphatic hydroxyl groups excluding tert-OH is 1. The van der Waals surface area contributed by atoms with Gasteiger partial charge in [0.2, 0.25) is 11.8 Å². The van der Waals surface area contributed by atoms with E-state index in [1.807, 2.05) is 20.8 Å². The first-order valence-electron chi connectivity index (χ1n) is 12.5. The summed E-state index contributed by atoms with van der Waals surface area (Å²) in [6.07, 6.45) is 6.88. The lowest BCUT2D eigenvalue weighted by atomic mass is 9.65. The van der Waals surface area contributed by atoms with E-state index in [2.05, 4.69) is 13.2 Å². The van der Waals surface area contributed by atoms with Crippen molar-refractivity contribution in [2.24, 2.45) is 11.8 Å². The van der Waals surface area contributed by atoms with Crippen molar-refractivity contribution < 1.29 is 29.0 Å². The molecular formula is C26H40N2O6. The van der Waals surface area contributed by atoms with Gasteiger partial charge in [0.1, 0.15) is 17.6 Å². The van der Waals surface area contributed by atoms with E-state index in [9.17, 15) is 19.5 Å². The molecule has 8 nitrogen and oxygen atoms in total. The highest BCUT2D eigenvalue weighted by atomic mass is 16.6. The third-order valence-corrected chi connectivity index (χ3v) is 7.75. The molecule has 3 aliphatic rings. The van der Waals surface area contributed by atoms with Gasteiger partial charge in [-0.15, -0.1) is 13.2 Å². The molecule has 190 valence electrons. The predicted octanol–water partition coefficient (Wildman–Crippen LogP) is 2.46. The fourth-order valence-corrected chi connectivity index (χ4v) is 6.18. The first-order valence-corrected chi connectivity index (χ1v) is 12.5. The minimum atomic E-state index is -1.07. The van der Waals surface area contributed by atoms with Crippen molar-refractivity contribution in [3.63, 3.8) is 0 Å². The van der Waals surface area contributed by atoms with Gasteiger partial charge in [0.25, 0.3) is 0 Å². The summed E-state index contributed by atoms with van der Waals surface area (Å²) in [5, 5.41) is 9.45. The second-order valence-electron chi connectivity index (χ2n) is 9.91. The normalized spacial score (nSPS) is 31.6. The molecule has 1 spiro atoms. The summed E-state index contributed by atoms with van der Waals surface area (Å²) in [5.74, 6) is -2.39. The molecule has 3 aliphatic heterocycles. The lowest BCUT2D eigenvalue weighted by Gasteiger charge is -2.38. The molecule has 34 heavy (non-hydrogen) atoms. The van der Waals surface area contributed by atoms with Gasteiger partial charge in [0, 0.05) is 25.7 Å². The molecule has 0 aliphatic carbocycles. The summed E-state index contributed by atoms with van der Waals surface area (Å²) in [7, 11) is 0. The average molecular weight is 477 g/mol. The number of amides is 2. The fraction of sp³-hybridized carbons (Fsp3) is 0.731. The Kier molecular flexibility index (Phi) is 8.24. The highest BCUT2D eigenvalue weighted by Gasteiger charge is 2.79. The second kappa shape index (κ2) is 10.6. The van der Waals surface area contributed by atoms with Crippen LogP contribution in [0.2, 0.25) is 0 Å². The summed E-state index contributed by atoms with van der Waals surface area (Å²) in [5.41, 5.74) is -1.88. The minimum Gasteiger partial charge on any atom is -0.465 e. The van der Waals surface area contributed by atoms with E-state index in [1.165, 1.54) is 0 Å². The second-order valence-corrected chi connectivity index (χ2v) is 9.91. The van der Waals surface area contributed by atoms with Crippen LogP contribution in [0.4, 0.5) is 0 Å². The van der Waals surface area contributed by atoms with Gasteiger partial charge in [-0.2, -0.15) is 0 Å². The van der Waals surface area contributed by atoms with Crippen LogP contribution in [0.5, 0.6) is 0 Å². The van der Waals surface area contributed by atoms with Crippen LogP contribution in [0.25, 0.3) is 0 Å². The molecule has 0 saturated carbocycles. The average Bonchev–Trinajstić information content (AvgIpc) is 3.41. The van der Waals surface area contributed by atoms with E-state index in [0.717, 1.165) is 6.42 Å². The third kappa shape index (κ3) is 4.19. The van der Waals surface area contributed by atoms with E-state index in [1.54, 1.807) is 22.0 Å². The maximum absolute atomic E-state index is 14.0. The molecule has 2 bridgehead atoms. The molecule has 3 saturated heterocycles. The minimum absolute atomic E-state index is 0.0971. The number of esters is 1. The number of likely N-dealkylation sites (tertiary alicyclic amines) is 1. The number of carbonyl (C=O) groups excluding carboxylic acids is 3. The molecule has 8 heteroatoms. The van der Waals surface area contributed by atoms with E-state index < -0.39 is 35.0 Å². The molecule has 3 rings (SSSR count). The Morgan fingerprint density at radius 1 is 1.29 bits per heavy atom. The molecule has 2 amide bonds. The number of aliphatic hydroxyl groups is 1. The predicted molar refractivity (Wildman–Crippen MR) is 128 cm³/mol. The van der Waals surface area contributed by atoms with Crippen LogP contribution in [-0.4, -0.2) is 82.3 Å². The maximum Gasteiger partial charge on any atom is 0.312 e. The van der Waals surface area contributed by atoms with E-state index in [-0.39, 0.29) is 37.6 Å². The molecule has 1 N–H and O–H groups in total. The summed E-state index contributed by atoms with van der Waals surface area (Å²) in [6.45, 7) is 14.0. The van der Waals surface area contributed by atoms with E-state index in [0.29, 0.717) is 38.6 Å². The van der Waals surface area contributed by atoms with Crippen molar-refractivity contribution in [2.45, 2.75) is 82.6 Å².